The molecule has 196 valence electrons. The van der Waals surface area contributed by atoms with E-state index < -0.39 is 5.56 Å². The van der Waals surface area contributed by atoms with E-state index >= 15 is 0 Å². The molecule has 6 atom stereocenters. The Morgan fingerprint density at radius 3 is 2.84 bits per heavy atom. The molecule has 4 fully saturated rings. The fraction of sp³-hybridized carbons (Fsp3) is 0.600. The molecule has 1 amide bonds. The van der Waals surface area contributed by atoms with E-state index in [9.17, 15) is 14.7 Å². The van der Waals surface area contributed by atoms with Gasteiger partial charge in [0, 0.05) is 37.3 Å². The summed E-state index contributed by atoms with van der Waals surface area (Å²) in [6, 6.07) is 8.09. The highest BCUT2D eigenvalue weighted by atomic mass is 35.5. The summed E-state index contributed by atoms with van der Waals surface area (Å²) in [6.45, 7) is 4.68. The van der Waals surface area contributed by atoms with Gasteiger partial charge in [0.2, 0.25) is 0 Å². The van der Waals surface area contributed by atoms with Gasteiger partial charge in [0.1, 0.15) is 11.3 Å². The van der Waals surface area contributed by atoms with Crippen LogP contribution in [-0.2, 0) is 11.8 Å². The molecule has 5 unspecified atom stereocenters. The largest absolute Gasteiger partial charge is 0.508 e. The van der Waals surface area contributed by atoms with Crippen LogP contribution in [0.3, 0.4) is 0 Å². The van der Waals surface area contributed by atoms with Crippen LogP contribution in [0, 0.1) is 23.2 Å². The van der Waals surface area contributed by atoms with Crippen LogP contribution in [0.2, 0.25) is 5.02 Å². The average molecular weight is 522 g/mol. The van der Waals surface area contributed by atoms with E-state index in [1.165, 1.54) is 42.8 Å². The van der Waals surface area contributed by atoms with Gasteiger partial charge in [-0.25, -0.2) is 0 Å². The smallest absolute Gasteiger partial charge is 0.260 e. The molecule has 5 aliphatic rings. The Hall–Kier alpha value is -2.31. The Morgan fingerprint density at radius 2 is 2.05 bits per heavy atom. The first-order valence-electron chi connectivity index (χ1n) is 14.0. The first-order chi connectivity index (χ1) is 17.7. The van der Waals surface area contributed by atoms with Crippen LogP contribution in [0.15, 0.2) is 35.3 Å². The zero-order chi connectivity index (χ0) is 25.7. The second kappa shape index (κ2) is 8.09. The summed E-state index contributed by atoms with van der Waals surface area (Å²) in [6.07, 6.45) is 9.45. The maximum atomic E-state index is 13.7. The predicted molar refractivity (Wildman–Crippen MR) is 143 cm³/mol. The van der Waals surface area contributed by atoms with Gasteiger partial charge in [-0.1, -0.05) is 24.6 Å². The van der Waals surface area contributed by atoms with Crippen LogP contribution in [0.5, 0.6) is 5.75 Å². The Bertz CT molecular complexity index is 1340. The fourth-order valence-corrected chi connectivity index (χ4v) is 9.84. The number of piperidine rings is 1. The van der Waals surface area contributed by atoms with Gasteiger partial charge in [0.15, 0.2) is 0 Å². The number of nitrogens with zero attached hydrogens (tertiary/aromatic N) is 2. The highest BCUT2D eigenvalue weighted by molar-refractivity contribution is 6.30. The van der Waals surface area contributed by atoms with Crippen molar-refractivity contribution in [1.29, 1.82) is 0 Å². The number of aromatic nitrogens is 1. The molecule has 2 aromatic rings. The van der Waals surface area contributed by atoms with E-state index in [0.717, 1.165) is 44.6 Å². The van der Waals surface area contributed by atoms with Crippen molar-refractivity contribution < 1.29 is 9.90 Å². The number of pyridine rings is 1. The summed E-state index contributed by atoms with van der Waals surface area (Å²) < 4.78 is 0. The molecule has 0 radical (unpaired) electrons. The standard InChI is InChI=1S/C30H36ClN3O3/c1-17-14-29-8-7-24(33(2)28(37)22-12-20(31)15-32-27(22)36)26(17)30(29)9-10-34(16-18-3-4-18)25(29)11-19-5-6-21(35)13-23(19)30/h5-6,12-13,15,17-18,24-26,35H,3-4,7-11,14,16H2,1-2H3,(H,32,36)/t17-,24?,25?,26?,29?,30?/m0/s1. The average Bonchev–Trinajstić information content (AvgIpc) is 3.67. The van der Waals surface area contributed by atoms with Gasteiger partial charge >= 0.3 is 0 Å². The quantitative estimate of drug-likeness (QED) is 0.617. The number of nitrogens with one attached hydrogen (secondary N) is 1. The van der Waals surface area contributed by atoms with Gasteiger partial charge in [-0.05, 0) is 104 Å². The Balaban J connectivity index is 1.34. The van der Waals surface area contributed by atoms with E-state index in [4.69, 9.17) is 11.6 Å². The minimum atomic E-state index is -0.398. The van der Waals surface area contributed by atoms with Crippen molar-refractivity contribution >= 4 is 17.5 Å². The number of amides is 1. The lowest BCUT2D eigenvalue weighted by atomic mass is 9.43. The van der Waals surface area contributed by atoms with Crippen LogP contribution >= 0.6 is 11.6 Å². The number of carbonyl (C=O) groups excluding carboxylic acids is 1. The first-order valence-corrected chi connectivity index (χ1v) is 14.3. The van der Waals surface area contributed by atoms with Crippen molar-refractivity contribution in [3.63, 3.8) is 0 Å². The number of halogens is 1. The highest BCUT2D eigenvalue weighted by Crippen LogP contribution is 2.74. The zero-order valence-corrected chi connectivity index (χ0v) is 22.4. The lowest BCUT2D eigenvalue weighted by Gasteiger charge is -2.67. The van der Waals surface area contributed by atoms with Crippen LogP contribution in [0.25, 0.3) is 0 Å². The number of carbonyl (C=O) groups is 1. The third-order valence-electron chi connectivity index (χ3n) is 11.0. The van der Waals surface area contributed by atoms with Gasteiger partial charge < -0.3 is 15.0 Å². The van der Waals surface area contributed by atoms with Crippen molar-refractivity contribution in [1.82, 2.24) is 14.8 Å². The monoisotopic (exact) mass is 521 g/mol. The van der Waals surface area contributed by atoms with Crippen molar-refractivity contribution in [2.45, 2.75) is 69.4 Å². The van der Waals surface area contributed by atoms with Gasteiger partial charge in [-0.2, -0.15) is 0 Å². The molecule has 3 saturated carbocycles. The minimum Gasteiger partial charge on any atom is -0.508 e. The number of phenols is 1. The summed E-state index contributed by atoms with van der Waals surface area (Å²) in [5.41, 5.74) is 2.51. The molecule has 37 heavy (non-hydrogen) atoms. The number of aromatic hydroxyl groups is 1. The maximum Gasteiger partial charge on any atom is 0.260 e. The highest BCUT2D eigenvalue weighted by Gasteiger charge is 2.73. The van der Waals surface area contributed by atoms with E-state index in [0.29, 0.717) is 22.7 Å². The molecule has 4 bridgehead atoms. The molecule has 6 nitrogen and oxygen atoms in total. The lowest BCUT2D eigenvalue weighted by Crippen LogP contribution is -2.70. The fourth-order valence-electron chi connectivity index (χ4n) is 9.67. The van der Waals surface area contributed by atoms with Crippen LogP contribution in [-0.4, -0.2) is 58.0 Å². The van der Waals surface area contributed by atoms with Crippen molar-refractivity contribution in [3.05, 3.63) is 62.5 Å². The molecule has 1 aliphatic heterocycles. The van der Waals surface area contributed by atoms with Crippen molar-refractivity contribution in [3.8, 4) is 5.75 Å². The molecule has 4 aliphatic carbocycles. The number of benzene rings is 1. The molecule has 1 aromatic heterocycles. The van der Waals surface area contributed by atoms with Crippen LogP contribution in [0.4, 0.5) is 0 Å². The Kier molecular flexibility index (Phi) is 5.20. The number of fused-ring (bicyclic) bond motifs is 1. The molecular weight excluding hydrogens is 486 g/mol. The first kappa shape index (κ1) is 23.8. The van der Waals surface area contributed by atoms with E-state index in [2.05, 4.69) is 22.9 Å². The summed E-state index contributed by atoms with van der Waals surface area (Å²) in [4.78, 5) is 33.5. The van der Waals surface area contributed by atoms with E-state index in [1.807, 2.05) is 24.1 Å². The number of likely N-dealkylation sites (tertiary alicyclic amines) is 1. The predicted octanol–water partition coefficient (Wildman–Crippen LogP) is 4.59. The third-order valence-corrected chi connectivity index (χ3v) is 11.2. The third kappa shape index (κ3) is 3.21. The zero-order valence-electron chi connectivity index (χ0n) is 21.7. The lowest BCUT2D eigenvalue weighted by molar-refractivity contribution is -0.105. The molecule has 2 heterocycles. The molecule has 0 spiro atoms. The van der Waals surface area contributed by atoms with Gasteiger partial charge in [0.05, 0.1) is 5.02 Å². The number of aromatic amines is 1. The summed E-state index contributed by atoms with van der Waals surface area (Å²) in [7, 11) is 1.87. The Labute approximate surface area is 223 Å². The molecule has 7 rings (SSSR count). The molecule has 2 N–H and O–H groups in total. The molecular formula is C30H36ClN3O3. The maximum absolute atomic E-state index is 13.7. The number of hydrogen-bond acceptors (Lipinski definition) is 4. The summed E-state index contributed by atoms with van der Waals surface area (Å²) in [5, 5.41) is 11.0. The Morgan fingerprint density at radius 1 is 1.24 bits per heavy atom. The number of phenolic OH excluding ortho intramolecular Hbond substituents is 1. The summed E-state index contributed by atoms with van der Waals surface area (Å²) in [5.74, 6) is 1.66. The van der Waals surface area contributed by atoms with Gasteiger partial charge in [0.25, 0.3) is 11.5 Å². The molecule has 7 heteroatoms. The normalized spacial score (nSPS) is 36.1. The second-order valence-corrected chi connectivity index (χ2v) is 13.1. The second-order valence-electron chi connectivity index (χ2n) is 12.7. The van der Waals surface area contributed by atoms with Crippen molar-refractivity contribution in [2.75, 3.05) is 20.1 Å². The van der Waals surface area contributed by atoms with Gasteiger partial charge in [-0.15, -0.1) is 0 Å². The van der Waals surface area contributed by atoms with Crippen molar-refractivity contribution in [2.24, 2.45) is 23.2 Å². The number of H-pyrrole nitrogens is 1. The molecule has 1 aromatic carbocycles. The van der Waals surface area contributed by atoms with Gasteiger partial charge in [-0.3, -0.25) is 14.5 Å². The minimum absolute atomic E-state index is 0.0282. The van der Waals surface area contributed by atoms with E-state index in [-0.39, 0.29) is 34.3 Å². The number of rotatable bonds is 4. The summed E-state index contributed by atoms with van der Waals surface area (Å²) >= 11 is 6.15. The molecule has 1 saturated heterocycles. The SMILES string of the molecule is C[C@H]1CC23CCC(N(C)C(=O)c4cc(Cl)c[nH]c4=O)C1C21CCN(CC2CC2)C3Cc2ccc(O)cc21. The number of hydrogen-bond donors (Lipinski definition) is 2. The van der Waals surface area contributed by atoms with E-state index in [1.54, 1.807) is 0 Å². The topological polar surface area (TPSA) is 76.6 Å². The van der Waals surface area contributed by atoms with Crippen LogP contribution < -0.4 is 5.56 Å². The van der Waals surface area contributed by atoms with Crippen LogP contribution in [0.1, 0.15) is 66.9 Å².